The van der Waals surface area contributed by atoms with Gasteiger partial charge < -0.3 is 20.5 Å². The minimum absolute atomic E-state index is 0.374. The second kappa shape index (κ2) is 4.66. The van der Waals surface area contributed by atoms with Crippen LogP contribution in [0.25, 0.3) is 0 Å². The molecule has 11 heavy (non-hydrogen) atoms. The van der Waals surface area contributed by atoms with Gasteiger partial charge in [-0.05, 0) is 0 Å². The van der Waals surface area contributed by atoms with Gasteiger partial charge in [0.1, 0.15) is 0 Å². The zero-order valence-corrected chi connectivity index (χ0v) is 6.84. The van der Waals surface area contributed by atoms with Crippen molar-refractivity contribution in [3.63, 3.8) is 0 Å². The molecule has 0 spiro atoms. The quantitative estimate of drug-likeness (QED) is 0.461. The van der Waals surface area contributed by atoms with Crippen molar-refractivity contribution < 1.29 is 9.84 Å². The Balaban J connectivity index is 1.92. The molecule has 0 aliphatic carbocycles. The Hall–Kier alpha value is -0.160. The van der Waals surface area contributed by atoms with Crippen LogP contribution in [0.4, 0.5) is 0 Å². The molecule has 1 rings (SSSR count). The van der Waals surface area contributed by atoms with E-state index in [0.29, 0.717) is 19.2 Å². The highest BCUT2D eigenvalue weighted by molar-refractivity contribution is 4.82. The fourth-order valence-electron chi connectivity index (χ4n) is 0.987. The number of rotatable bonds is 5. The Morgan fingerprint density at radius 3 is 2.91 bits per heavy atom. The molecule has 1 heterocycles. The van der Waals surface area contributed by atoms with Gasteiger partial charge in [0.2, 0.25) is 0 Å². The number of ether oxygens (including phenoxy) is 1. The van der Waals surface area contributed by atoms with E-state index >= 15 is 0 Å². The van der Waals surface area contributed by atoms with Crippen LogP contribution in [0.3, 0.4) is 0 Å². The van der Waals surface area contributed by atoms with Crippen molar-refractivity contribution in [1.82, 2.24) is 10.6 Å². The molecule has 1 saturated heterocycles. The van der Waals surface area contributed by atoms with E-state index in [-0.39, 0.29) is 6.10 Å². The predicted molar refractivity (Wildman–Crippen MR) is 42.5 cm³/mol. The highest BCUT2D eigenvalue weighted by Gasteiger charge is 2.16. The summed E-state index contributed by atoms with van der Waals surface area (Å²) in [5.41, 5.74) is 0. The maximum atomic E-state index is 9.21. The van der Waals surface area contributed by atoms with Gasteiger partial charge in [0.25, 0.3) is 0 Å². The average molecular weight is 160 g/mol. The molecule has 4 heteroatoms. The van der Waals surface area contributed by atoms with Crippen LogP contribution in [0.1, 0.15) is 0 Å². The zero-order valence-electron chi connectivity index (χ0n) is 6.84. The van der Waals surface area contributed by atoms with Crippen LogP contribution in [0.15, 0.2) is 0 Å². The summed E-state index contributed by atoms with van der Waals surface area (Å²) in [5, 5.41) is 15.6. The van der Waals surface area contributed by atoms with Gasteiger partial charge >= 0.3 is 0 Å². The summed E-state index contributed by atoms with van der Waals surface area (Å²) in [6.45, 7) is 3.06. The first kappa shape index (κ1) is 8.93. The minimum atomic E-state index is -0.374. The molecule has 0 aromatic heterocycles. The van der Waals surface area contributed by atoms with E-state index in [1.54, 1.807) is 7.11 Å². The van der Waals surface area contributed by atoms with Gasteiger partial charge in [-0.2, -0.15) is 0 Å². The summed E-state index contributed by atoms with van der Waals surface area (Å²) >= 11 is 0. The Kier molecular flexibility index (Phi) is 3.79. The van der Waals surface area contributed by atoms with Crippen molar-refractivity contribution >= 4 is 0 Å². The van der Waals surface area contributed by atoms with Crippen molar-refractivity contribution in [2.75, 3.05) is 33.4 Å². The lowest BCUT2D eigenvalue weighted by atomic mass is 10.2. The van der Waals surface area contributed by atoms with E-state index < -0.39 is 0 Å². The minimum Gasteiger partial charge on any atom is -0.389 e. The Bertz CT molecular complexity index is 107. The fourth-order valence-corrected chi connectivity index (χ4v) is 0.987. The summed E-state index contributed by atoms with van der Waals surface area (Å²) in [6.07, 6.45) is -0.374. The largest absolute Gasteiger partial charge is 0.389 e. The predicted octanol–water partition coefficient (Wildman–Crippen LogP) is -1.44. The molecule has 1 fully saturated rings. The summed E-state index contributed by atoms with van der Waals surface area (Å²) in [4.78, 5) is 0. The molecule has 66 valence electrons. The van der Waals surface area contributed by atoms with E-state index in [2.05, 4.69) is 10.6 Å². The fraction of sp³-hybridized carbons (Fsp3) is 1.00. The lowest BCUT2D eigenvalue weighted by Crippen LogP contribution is -2.56. The van der Waals surface area contributed by atoms with E-state index in [1.165, 1.54) is 0 Å². The van der Waals surface area contributed by atoms with Crippen LogP contribution < -0.4 is 10.6 Å². The van der Waals surface area contributed by atoms with Gasteiger partial charge in [-0.1, -0.05) is 0 Å². The Morgan fingerprint density at radius 1 is 1.73 bits per heavy atom. The van der Waals surface area contributed by atoms with Crippen molar-refractivity contribution in [2.24, 2.45) is 0 Å². The van der Waals surface area contributed by atoms with Gasteiger partial charge in [0.15, 0.2) is 0 Å². The molecule has 0 radical (unpaired) electrons. The normalized spacial score (nSPS) is 21.3. The molecule has 0 aromatic carbocycles. The second-order valence-corrected chi connectivity index (χ2v) is 2.87. The first-order valence-electron chi connectivity index (χ1n) is 3.94. The van der Waals surface area contributed by atoms with Gasteiger partial charge in [0.05, 0.1) is 12.7 Å². The number of aliphatic hydroxyl groups excluding tert-OH is 1. The third-order valence-corrected chi connectivity index (χ3v) is 1.78. The maximum absolute atomic E-state index is 9.21. The standard InChI is InChI=1S/C7H16N2O2/c1-11-5-7(10)4-9-6-2-8-3-6/h6-10H,2-5H2,1H3. The Morgan fingerprint density at radius 2 is 2.45 bits per heavy atom. The summed E-state index contributed by atoms with van der Waals surface area (Å²) in [6, 6.07) is 0.543. The van der Waals surface area contributed by atoms with E-state index in [0.717, 1.165) is 13.1 Å². The van der Waals surface area contributed by atoms with Crippen molar-refractivity contribution in [3.8, 4) is 0 Å². The van der Waals surface area contributed by atoms with E-state index in [9.17, 15) is 5.11 Å². The highest BCUT2D eigenvalue weighted by Crippen LogP contribution is 1.90. The molecule has 1 atom stereocenters. The number of hydrogen-bond acceptors (Lipinski definition) is 4. The monoisotopic (exact) mass is 160 g/mol. The summed E-state index contributed by atoms with van der Waals surface area (Å²) < 4.78 is 4.78. The lowest BCUT2D eigenvalue weighted by Gasteiger charge is -2.28. The van der Waals surface area contributed by atoms with E-state index in [4.69, 9.17) is 4.74 Å². The number of aliphatic hydroxyl groups is 1. The maximum Gasteiger partial charge on any atom is 0.0897 e. The molecule has 3 N–H and O–H groups in total. The lowest BCUT2D eigenvalue weighted by molar-refractivity contribution is 0.0613. The van der Waals surface area contributed by atoms with Crippen molar-refractivity contribution in [2.45, 2.75) is 12.1 Å². The molecule has 0 aromatic rings. The van der Waals surface area contributed by atoms with Crippen LogP contribution >= 0.6 is 0 Å². The number of methoxy groups -OCH3 is 1. The van der Waals surface area contributed by atoms with Crippen LogP contribution in [-0.4, -0.2) is 50.6 Å². The molecule has 0 saturated carbocycles. The zero-order chi connectivity index (χ0) is 8.10. The molecular weight excluding hydrogens is 144 g/mol. The molecule has 1 aliphatic heterocycles. The molecule has 4 nitrogen and oxygen atoms in total. The summed E-state index contributed by atoms with van der Waals surface area (Å²) in [7, 11) is 1.59. The first-order chi connectivity index (χ1) is 5.33. The third-order valence-electron chi connectivity index (χ3n) is 1.78. The number of hydrogen-bond donors (Lipinski definition) is 3. The Labute approximate surface area is 66.9 Å². The highest BCUT2D eigenvalue weighted by atomic mass is 16.5. The second-order valence-electron chi connectivity index (χ2n) is 2.87. The SMILES string of the molecule is COCC(O)CNC1CNC1. The average Bonchev–Trinajstić information content (AvgIpc) is 1.85. The topological polar surface area (TPSA) is 53.5 Å². The van der Waals surface area contributed by atoms with Crippen LogP contribution in [0.2, 0.25) is 0 Å². The van der Waals surface area contributed by atoms with Crippen LogP contribution in [0, 0.1) is 0 Å². The molecule has 1 aliphatic rings. The smallest absolute Gasteiger partial charge is 0.0897 e. The van der Waals surface area contributed by atoms with Crippen molar-refractivity contribution in [1.29, 1.82) is 0 Å². The third kappa shape index (κ3) is 3.16. The van der Waals surface area contributed by atoms with Gasteiger partial charge in [-0.25, -0.2) is 0 Å². The first-order valence-corrected chi connectivity index (χ1v) is 3.94. The van der Waals surface area contributed by atoms with Gasteiger partial charge in [-0.15, -0.1) is 0 Å². The number of nitrogens with one attached hydrogen (secondary N) is 2. The van der Waals surface area contributed by atoms with E-state index in [1.807, 2.05) is 0 Å². The molecule has 1 unspecified atom stereocenters. The molecule has 0 amide bonds. The van der Waals surface area contributed by atoms with Gasteiger partial charge in [0, 0.05) is 32.8 Å². The van der Waals surface area contributed by atoms with Crippen LogP contribution in [-0.2, 0) is 4.74 Å². The van der Waals surface area contributed by atoms with Crippen molar-refractivity contribution in [3.05, 3.63) is 0 Å². The summed E-state index contributed by atoms with van der Waals surface area (Å²) in [5.74, 6) is 0. The van der Waals surface area contributed by atoms with Crippen LogP contribution in [0.5, 0.6) is 0 Å². The molecular formula is C7H16N2O2. The van der Waals surface area contributed by atoms with Gasteiger partial charge in [-0.3, -0.25) is 0 Å². The molecule has 0 bridgehead atoms.